The standard InChI is InChI=1S/C30H44N3O6P3/c1-4-7-25-34-40(37-28-19-13-10-14-20-28)31-41(35-26-8-5-2,38-29-21-15-11-16-22-29)33-42(32-40,36-27-9-6-3)39-30-23-17-12-18-24-30/h10-24,31-32H,4-9,25-27H2,1-3H3/q+2. The highest BCUT2D eigenvalue weighted by Gasteiger charge is 2.72. The largest absolute Gasteiger partial charge is 0.571 e. The van der Waals surface area contributed by atoms with Crippen molar-refractivity contribution < 1.29 is 27.1 Å². The normalized spacial score (nSPS) is 23.6. The lowest BCUT2D eigenvalue weighted by Gasteiger charge is -2.34. The van der Waals surface area contributed by atoms with E-state index in [4.69, 9.17) is 31.7 Å². The van der Waals surface area contributed by atoms with Gasteiger partial charge in [-0.05, 0) is 60.5 Å². The van der Waals surface area contributed by atoms with Crippen LogP contribution in [0.1, 0.15) is 59.3 Å². The molecule has 0 spiro atoms. The van der Waals surface area contributed by atoms with Crippen LogP contribution in [0, 0.1) is 0 Å². The number of nitrogens with one attached hydrogen (secondary N) is 2. The topological polar surface area (TPSA) is 91.8 Å². The number of hydrogen-bond acceptors (Lipinski definition) is 9. The van der Waals surface area contributed by atoms with E-state index in [2.05, 4.69) is 30.5 Å². The van der Waals surface area contributed by atoms with E-state index in [9.17, 15) is 0 Å². The first-order valence-corrected chi connectivity index (χ1v) is 19.5. The van der Waals surface area contributed by atoms with Gasteiger partial charge in [-0.25, -0.2) is 0 Å². The first-order chi connectivity index (χ1) is 20.5. The lowest BCUT2D eigenvalue weighted by atomic mass is 10.3. The number of benzene rings is 3. The second kappa shape index (κ2) is 16.7. The zero-order chi connectivity index (χ0) is 29.6. The minimum atomic E-state index is -3.34. The monoisotopic (exact) mass is 635 g/mol. The highest BCUT2D eigenvalue weighted by molar-refractivity contribution is 7.88. The predicted molar refractivity (Wildman–Crippen MR) is 173 cm³/mol. The van der Waals surface area contributed by atoms with Crippen molar-refractivity contribution in [1.29, 1.82) is 0 Å². The molecule has 42 heavy (non-hydrogen) atoms. The average Bonchev–Trinajstić information content (AvgIpc) is 2.99. The van der Waals surface area contributed by atoms with Gasteiger partial charge in [0.2, 0.25) is 0 Å². The van der Waals surface area contributed by atoms with Gasteiger partial charge in [0.25, 0.3) is 0 Å². The van der Waals surface area contributed by atoms with Gasteiger partial charge in [0.1, 0.15) is 5.75 Å². The van der Waals surface area contributed by atoms with Crippen molar-refractivity contribution in [2.75, 3.05) is 19.8 Å². The summed E-state index contributed by atoms with van der Waals surface area (Å²) in [6.07, 6.45) is 5.35. The Labute approximate surface area is 252 Å². The third-order valence-corrected chi connectivity index (χ3v) is 15.0. The molecule has 0 bridgehead atoms. The molecule has 12 heteroatoms. The summed E-state index contributed by atoms with van der Waals surface area (Å²) in [7, 11) is -9.94. The van der Waals surface area contributed by atoms with Crippen LogP contribution < -0.4 is 23.3 Å². The number of rotatable bonds is 18. The van der Waals surface area contributed by atoms with E-state index in [-0.39, 0.29) is 0 Å². The second-order valence-electron chi connectivity index (χ2n) is 9.66. The van der Waals surface area contributed by atoms with Crippen molar-refractivity contribution in [3.05, 3.63) is 91.0 Å². The van der Waals surface area contributed by atoms with Crippen LogP contribution in [0.4, 0.5) is 0 Å². The zero-order valence-corrected chi connectivity index (χ0v) is 27.4. The minimum Gasteiger partial charge on any atom is -0.423 e. The molecule has 1 aliphatic rings. The van der Waals surface area contributed by atoms with E-state index >= 15 is 0 Å². The fourth-order valence-corrected chi connectivity index (χ4v) is 14.1. The summed E-state index contributed by atoms with van der Waals surface area (Å²) in [5, 5.41) is 0. The van der Waals surface area contributed by atoms with Gasteiger partial charge < -0.3 is 4.52 Å². The summed E-state index contributed by atoms with van der Waals surface area (Å²) in [6, 6.07) is 28.7. The van der Waals surface area contributed by atoms with Gasteiger partial charge in [0, 0.05) is 4.52 Å². The van der Waals surface area contributed by atoms with Crippen LogP contribution in [-0.4, -0.2) is 19.8 Å². The maximum Gasteiger partial charge on any atom is 0.571 e. The van der Waals surface area contributed by atoms with Crippen molar-refractivity contribution in [1.82, 2.24) is 9.72 Å². The Balaban J connectivity index is 1.89. The Bertz CT molecular complexity index is 1240. The molecule has 3 aromatic carbocycles. The van der Waals surface area contributed by atoms with Gasteiger partial charge in [-0.2, -0.15) is 9.05 Å². The van der Waals surface area contributed by atoms with Gasteiger partial charge in [0.05, 0.1) is 24.7 Å². The Kier molecular flexibility index (Phi) is 13.1. The third kappa shape index (κ3) is 9.74. The van der Waals surface area contributed by atoms with Gasteiger partial charge >= 0.3 is 23.7 Å². The van der Waals surface area contributed by atoms with Gasteiger partial charge in [-0.15, -0.1) is 0 Å². The van der Waals surface area contributed by atoms with E-state index in [1.807, 2.05) is 91.0 Å². The number of unbranched alkanes of at least 4 members (excludes halogenated alkanes) is 3. The number of para-hydroxylation sites is 3. The number of hydrogen-bond donors (Lipinski definition) is 2. The van der Waals surface area contributed by atoms with Crippen molar-refractivity contribution in [3.63, 3.8) is 0 Å². The van der Waals surface area contributed by atoms with Gasteiger partial charge in [0.15, 0.2) is 11.5 Å². The zero-order valence-electron chi connectivity index (χ0n) is 24.8. The van der Waals surface area contributed by atoms with Crippen LogP contribution in [0.15, 0.2) is 95.5 Å². The summed E-state index contributed by atoms with van der Waals surface area (Å²) in [4.78, 5) is 7.10. The molecule has 3 unspecified atom stereocenters. The van der Waals surface area contributed by atoms with Crippen LogP contribution in [0.5, 0.6) is 17.2 Å². The Morgan fingerprint density at radius 2 is 1.12 bits per heavy atom. The molecule has 0 fully saturated rings. The molecule has 4 rings (SSSR count). The molecular formula is C30H44N3O6P3+2. The highest BCUT2D eigenvalue weighted by Crippen LogP contribution is 2.80. The average molecular weight is 636 g/mol. The van der Waals surface area contributed by atoms with Crippen LogP contribution in [0.2, 0.25) is 0 Å². The van der Waals surface area contributed by atoms with Gasteiger partial charge in [-0.1, -0.05) is 94.6 Å². The van der Waals surface area contributed by atoms with E-state index < -0.39 is 23.7 Å². The Morgan fingerprint density at radius 1 is 0.619 bits per heavy atom. The first-order valence-electron chi connectivity index (χ1n) is 14.7. The highest BCUT2D eigenvalue weighted by atomic mass is 31.3. The molecule has 9 nitrogen and oxygen atoms in total. The molecule has 1 heterocycles. The van der Waals surface area contributed by atoms with Crippen molar-refractivity contribution in [2.45, 2.75) is 59.3 Å². The maximum absolute atomic E-state index is 6.73. The molecule has 2 N–H and O–H groups in total. The van der Waals surface area contributed by atoms with Gasteiger partial charge in [-0.3, -0.25) is 13.6 Å². The predicted octanol–water partition coefficient (Wildman–Crippen LogP) is 10.2. The molecule has 0 saturated heterocycles. The SMILES string of the molecule is CCCCOP1(Oc2ccccc2)=N[P+](OCCCC)(Oc2ccccc2)N[P+](OCCCC)(Oc2ccccc2)N1. The first kappa shape index (κ1) is 32.9. The fraction of sp³-hybridized carbons (Fsp3) is 0.400. The molecule has 3 atom stereocenters. The molecule has 0 radical (unpaired) electrons. The molecule has 0 aromatic heterocycles. The van der Waals surface area contributed by atoms with Crippen molar-refractivity contribution >= 4 is 23.7 Å². The van der Waals surface area contributed by atoms with Crippen LogP contribution in [-0.2, 0) is 13.6 Å². The van der Waals surface area contributed by atoms with E-state index in [1.54, 1.807) is 0 Å². The van der Waals surface area contributed by atoms with E-state index in [0.717, 1.165) is 38.5 Å². The molecule has 3 aromatic rings. The summed E-state index contributed by atoms with van der Waals surface area (Å²) >= 11 is 0. The Morgan fingerprint density at radius 3 is 1.69 bits per heavy atom. The lowest BCUT2D eigenvalue weighted by Crippen LogP contribution is -2.39. The fourth-order valence-electron chi connectivity index (χ4n) is 3.80. The van der Waals surface area contributed by atoms with Crippen LogP contribution in [0.25, 0.3) is 0 Å². The molecule has 0 saturated carbocycles. The van der Waals surface area contributed by atoms with Crippen molar-refractivity contribution in [3.8, 4) is 17.2 Å². The van der Waals surface area contributed by atoms with E-state index in [0.29, 0.717) is 37.1 Å². The summed E-state index contributed by atoms with van der Waals surface area (Å²) < 4.78 is 45.2. The minimum absolute atomic E-state index is 0.425. The number of nitrogens with zero attached hydrogens (tertiary/aromatic N) is 1. The summed E-state index contributed by atoms with van der Waals surface area (Å²) in [5.74, 6) is 1.85. The lowest BCUT2D eigenvalue weighted by molar-refractivity contribution is 0.252. The molecular weight excluding hydrogens is 591 g/mol. The summed E-state index contributed by atoms with van der Waals surface area (Å²) in [5.41, 5.74) is 0. The van der Waals surface area contributed by atoms with Crippen LogP contribution in [0.3, 0.4) is 0 Å². The second-order valence-corrected chi connectivity index (χ2v) is 16.5. The smallest absolute Gasteiger partial charge is 0.423 e. The quantitative estimate of drug-likeness (QED) is 0.105. The molecule has 0 amide bonds. The van der Waals surface area contributed by atoms with Crippen molar-refractivity contribution in [2.24, 2.45) is 4.52 Å². The maximum atomic E-state index is 6.73. The molecule has 228 valence electrons. The molecule has 1 aliphatic heterocycles. The Hall–Kier alpha value is -2.05. The third-order valence-electron chi connectivity index (χ3n) is 5.97. The summed E-state index contributed by atoms with van der Waals surface area (Å²) in [6.45, 7) is 7.65. The van der Waals surface area contributed by atoms with Crippen LogP contribution >= 0.6 is 23.7 Å². The molecule has 0 aliphatic carbocycles. The van der Waals surface area contributed by atoms with E-state index in [1.165, 1.54) is 0 Å².